The molecule has 0 atom stereocenters. The fourth-order valence-corrected chi connectivity index (χ4v) is 1.06. The van der Waals surface area contributed by atoms with E-state index in [2.05, 4.69) is 18.6 Å². The van der Waals surface area contributed by atoms with Crippen LogP contribution in [0.25, 0.3) is 0 Å². The van der Waals surface area contributed by atoms with Crippen LogP contribution >= 0.6 is 0 Å². The van der Waals surface area contributed by atoms with Crippen molar-refractivity contribution in [2.75, 3.05) is 13.2 Å². The molecule has 1 rings (SSSR count). The molecular weight excluding hydrogens is 168 g/mol. The highest BCUT2D eigenvalue weighted by molar-refractivity contribution is 5.76. The standard InChI is InChI=1S/C9H14N2O2/c1-7-5-12-9(13-6-7)8(3-10)4-11-2/h3-4,7,9-10H,2,5-6H2,1H3/b8-4+,10-3?. The van der Waals surface area contributed by atoms with E-state index < -0.39 is 6.29 Å². The first kappa shape index (κ1) is 10.1. The number of nitrogens with one attached hydrogen (secondary N) is 1. The van der Waals surface area contributed by atoms with E-state index in [4.69, 9.17) is 14.9 Å². The Labute approximate surface area is 77.8 Å². The zero-order valence-electron chi connectivity index (χ0n) is 7.69. The highest BCUT2D eigenvalue weighted by Crippen LogP contribution is 2.15. The van der Waals surface area contributed by atoms with Crippen LogP contribution in [0.15, 0.2) is 16.8 Å². The first-order valence-electron chi connectivity index (χ1n) is 4.17. The Hall–Kier alpha value is -1.00. The zero-order chi connectivity index (χ0) is 9.68. The SMILES string of the molecule is C=N/C=C(\C=N)C1OCC(C)CO1. The van der Waals surface area contributed by atoms with Gasteiger partial charge in [-0.05, 0) is 6.72 Å². The number of nitrogens with zero attached hydrogens (tertiary/aromatic N) is 1. The van der Waals surface area contributed by atoms with Gasteiger partial charge in [0.15, 0.2) is 6.29 Å². The summed E-state index contributed by atoms with van der Waals surface area (Å²) in [5.41, 5.74) is 0.599. The van der Waals surface area contributed by atoms with E-state index in [0.29, 0.717) is 24.7 Å². The maximum Gasteiger partial charge on any atom is 0.186 e. The molecule has 4 nitrogen and oxygen atoms in total. The molecule has 0 bridgehead atoms. The summed E-state index contributed by atoms with van der Waals surface area (Å²) in [6.07, 6.45) is 2.21. The van der Waals surface area contributed by atoms with Gasteiger partial charge in [0.25, 0.3) is 0 Å². The second kappa shape index (κ2) is 4.89. The molecule has 0 aromatic carbocycles. The Morgan fingerprint density at radius 2 is 2.15 bits per heavy atom. The lowest BCUT2D eigenvalue weighted by atomic mass is 10.2. The second-order valence-electron chi connectivity index (χ2n) is 3.06. The van der Waals surface area contributed by atoms with Gasteiger partial charge in [0, 0.05) is 23.9 Å². The smallest absolute Gasteiger partial charge is 0.186 e. The number of ether oxygens (including phenoxy) is 2. The fourth-order valence-electron chi connectivity index (χ4n) is 1.06. The predicted octanol–water partition coefficient (Wildman–Crippen LogP) is 1.23. The van der Waals surface area contributed by atoms with E-state index in [-0.39, 0.29) is 0 Å². The molecule has 0 aliphatic carbocycles. The molecule has 0 unspecified atom stereocenters. The van der Waals surface area contributed by atoms with E-state index in [1.54, 1.807) is 0 Å². The molecule has 1 heterocycles. The van der Waals surface area contributed by atoms with Crippen molar-refractivity contribution in [2.45, 2.75) is 13.2 Å². The monoisotopic (exact) mass is 182 g/mol. The lowest BCUT2D eigenvalue weighted by molar-refractivity contribution is -0.174. The lowest BCUT2D eigenvalue weighted by Crippen LogP contribution is -2.32. The molecule has 4 heteroatoms. The van der Waals surface area contributed by atoms with Gasteiger partial charge in [-0.15, -0.1) is 0 Å². The van der Waals surface area contributed by atoms with Crippen LogP contribution in [0, 0.1) is 11.3 Å². The number of aliphatic imine (C=N–C) groups is 1. The Balaban J connectivity index is 2.56. The Kier molecular flexibility index (Phi) is 3.79. The van der Waals surface area contributed by atoms with Gasteiger partial charge in [-0.25, -0.2) is 0 Å². The molecule has 0 radical (unpaired) electrons. The van der Waals surface area contributed by atoms with Crippen LogP contribution in [0.3, 0.4) is 0 Å². The summed E-state index contributed by atoms with van der Waals surface area (Å²) in [4.78, 5) is 3.58. The van der Waals surface area contributed by atoms with Crippen LogP contribution < -0.4 is 0 Å². The number of hydrogen-bond acceptors (Lipinski definition) is 4. The predicted molar refractivity (Wildman–Crippen MR) is 51.3 cm³/mol. The molecular formula is C9H14N2O2. The summed E-state index contributed by atoms with van der Waals surface area (Å²) in [6, 6.07) is 0. The van der Waals surface area contributed by atoms with E-state index in [1.807, 2.05) is 0 Å². The molecule has 1 N–H and O–H groups in total. The van der Waals surface area contributed by atoms with Gasteiger partial charge >= 0.3 is 0 Å². The molecule has 13 heavy (non-hydrogen) atoms. The minimum atomic E-state index is -0.445. The van der Waals surface area contributed by atoms with Gasteiger partial charge in [0.2, 0.25) is 0 Å². The summed E-state index contributed by atoms with van der Waals surface area (Å²) in [5, 5.41) is 7.11. The average molecular weight is 182 g/mol. The Morgan fingerprint density at radius 3 is 2.62 bits per heavy atom. The average Bonchev–Trinajstić information content (AvgIpc) is 2.16. The molecule has 0 spiro atoms. The second-order valence-corrected chi connectivity index (χ2v) is 3.06. The van der Waals surface area contributed by atoms with Crippen LogP contribution in [-0.2, 0) is 9.47 Å². The van der Waals surface area contributed by atoms with E-state index >= 15 is 0 Å². The maximum atomic E-state index is 7.11. The fraction of sp³-hybridized carbons (Fsp3) is 0.556. The largest absolute Gasteiger partial charge is 0.348 e. The van der Waals surface area contributed by atoms with E-state index in [1.165, 1.54) is 12.4 Å². The van der Waals surface area contributed by atoms with Crippen LogP contribution in [0.4, 0.5) is 0 Å². The van der Waals surface area contributed by atoms with Gasteiger partial charge in [-0.3, -0.25) is 4.99 Å². The van der Waals surface area contributed by atoms with Gasteiger partial charge < -0.3 is 14.9 Å². The third-order valence-corrected chi connectivity index (χ3v) is 1.74. The number of rotatable bonds is 3. The van der Waals surface area contributed by atoms with Crippen LogP contribution in [0.5, 0.6) is 0 Å². The van der Waals surface area contributed by atoms with E-state index in [9.17, 15) is 0 Å². The minimum absolute atomic E-state index is 0.417. The van der Waals surface area contributed by atoms with Crippen molar-refractivity contribution in [1.82, 2.24) is 0 Å². The highest BCUT2D eigenvalue weighted by atomic mass is 16.7. The molecule has 72 valence electrons. The van der Waals surface area contributed by atoms with Crippen molar-refractivity contribution in [3.05, 3.63) is 11.8 Å². The summed E-state index contributed by atoms with van der Waals surface area (Å²) in [5.74, 6) is 0.417. The van der Waals surface area contributed by atoms with Gasteiger partial charge in [0.05, 0.1) is 13.2 Å². The lowest BCUT2D eigenvalue weighted by Gasteiger charge is -2.27. The molecule has 0 amide bonds. The van der Waals surface area contributed by atoms with Crippen molar-refractivity contribution in [2.24, 2.45) is 10.9 Å². The Morgan fingerprint density at radius 1 is 1.54 bits per heavy atom. The first-order valence-corrected chi connectivity index (χ1v) is 4.17. The third kappa shape index (κ3) is 2.75. The van der Waals surface area contributed by atoms with Gasteiger partial charge in [0.1, 0.15) is 0 Å². The quantitative estimate of drug-likeness (QED) is 0.667. The Bertz CT molecular complexity index is 218. The van der Waals surface area contributed by atoms with E-state index in [0.717, 1.165) is 0 Å². The third-order valence-electron chi connectivity index (χ3n) is 1.74. The summed E-state index contributed by atoms with van der Waals surface area (Å²) >= 11 is 0. The number of hydrogen-bond donors (Lipinski definition) is 1. The molecule has 1 saturated heterocycles. The molecule has 1 fully saturated rings. The van der Waals surface area contributed by atoms with Crippen molar-refractivity contribution < 1.29 is 9.47 Å². The van der Waals surface area contributed by atoms with Crippen molar-refractivity contribution in [1.29, 1.82) is 5.41 Å². The molecule has 0 aromatic rings. The normalized spacial score (nSPS) is 29.8. The maximum absolute atomic E-state index is 7.11. The van der Waals surface area contributed by atoms with Gasteiger partial charge in [-0.1, -0.05) is 6.92 Å². The van der Waals surface area contributed by atoms with Crippen molar-refractivity contribution in [3.63, 3.8) is 0 Å². The highest BCUT2D eigenvalue weighted by Gasteiger charge is 2.21. The van der Waals surface area contributed by atoms with Crippen LogP contribution in [0.2, 0.25) is 0 Å². The van der Waals surface area contributed by atoms with Crippen molar-refractivity contribution >= 4 is 12.9 Å². The summed E-state index contributed by atoms with van der Waals surface area (Å²) < 4.78 is 10.7. The first-order chi connectivity index (χ1) is 6.27. The summed E-state index contributed by atoms with van der Waals surface area (Å²) in [7, 11) is 0. The molecule has 0 aromatic heterocycles. The minimum Gasteiger partial charge on any atom is -0.348 e. The molecule has 1 aliphatic rings. The zero-order valence-corrected chi connectivity index (χ0v) is 7.69. The van der Waals surface area contributed by atoms with Gasteiger partial charge in [-0.2, -0.15) is 0 Å². The molecule has 0 saturated carbocycles. The van der Waals surface area contributed by atoms with Crippen molar-refractivity contribution in [3.8, 4) is 0 Å². The van der Waals surface area contributed by atoms with Crippen LogP contribution in [0.1, 0.15) is 6.92 Å². The van der Waals surface area contributed by atoms with Crippen LogP contribution in [-0.4, -0.2) is 32.4 Å². The topological polar surface area (TPSA) is 54.7 Å². The summed E-state index contributed by atoms with van der Waals surface area (Å²) in [6.45, 7) is 6.69. The molecule has 1 aliphatic heterocycles.